The molecule has 28 heavy (non-hydrogen) atoms. The van der Waals surface area contributed by atoms with Crippen molar-refractivity contribution in [2.24, 2.45) is 0 Å². The second-order valence-electron chi connectivity index (χ2n) is 6.80. The summed E-state index contributed by atoms with van der Waals surface area (Å²) < 4.78 is 37.6. The maximum Gasteiger partial charge on any atom is 0.254 e. The second-order valence-corrected chi connectivity index (χ2v) is 8.68. The molecule has 1 fully saturated rings. The number of benzene rings is 2. The van der Waals surface area contributed by atoms with Crippen molar-refractivity contribution < 1.29 is 22.7 Å². The van der Waals surface area contributed by atoms with E-state index in [2.05, 4.69) is 4.72 Å². The molecular weight excluding hydrogens is 380 g/mol. The molecule has 4 rings (SSSR count). The van der Waals surface area contributed by atoms with Gasteiger partial charge in [-0.2, -0.15) is 0 Å². The Balaban J connectivity index is 1.62. The van der Waals surface area contributed by atoms with Crippen molar-refractivity contribution in [1.82, 2.24) is 9.62 Å². The summed E-state index contributed by atoms with van der Waals surface area (Å²) >= 11 is 0. The minimum atomic E-state index is -3.60. The minimum absolute atomic E-state index is 0.0760. The fourth-order valence-corrected chi connectivity index (χ4v) is 4.48. The first kappa shape index (κ1) is 18.8. The average molecular weight is 402 g/mol. The molecule has 8 heteroatoms. The molecule has 2 aliphatic heterocycles. The molecule has 1 atom stereocenters. The molecule has 2 aliphatic rings. The van der Waals surface area contributed by atoms with Gasteiger partial charge in [-0.1, -0.05) is 12.1 Å². The van der Waals surface area contributed by atoms with Crippen molar-refractivity contribution in [3.8, 4) is 11.5 Å². The molecule has 2 heterocycles. The summed E-state index contributed by atoms with van der Waals surface area (Å²) in [5.74, 6) is 1.24. The summed E-state index contributed by atoms with van der Waals surface area (Å²) in [6.45, 7) is 1.67. The Bertz CT molecular complexity index is 1010. The van der Waals surface area contributed by atoms with Gasteiger partial charge in [-0.25, -0.2) is 13.1 Å². The van der Waals surface area contributed by atoms with Crippen LogP contribution in [-0.4, -0.2) is 46.0 Å². The van der Waals surface area contributed by atoms with Gasteiger partial charge >= 0.3 is 0 Å². The number of nitrogens with one attached hydrogen (secondary N) is 1. The van der Waals surface area contributed by atoms with Gasteiger partial charge in [-0.3, -0.25) is 4.79 Å². The van der Waals surface area contributed by atoms with Crippen molar-refractivity contribution in [3.05, 3.63) is 53.6 Å². The second kappa shape index (κ2) is 7.44. The van der Waals surface area contributed by atoms with Crippen LogP contribution in [-0.2, 0) is 10.0 Å². The fourth-order valence-electron chi connectivity index (χ4n) is 3.70. The van der Waals surface area contributed by atoms with E-state index in [0.717, 1.165) is 24.2 Å². The Labute approximate surface area is 164 Å². The summed E-state index contributed by atoms with van der Waals surface area (Å²) in [4.78, 5) is 15.0. The number of sulfonamides is 1. The third kappa shape index (κ3) is 3.45. The molecule has 0 bridgehead atoms. The lowest BCUT2D eigenvalue weighted by molar-refractivity contribution is 0.0735. The lowest BCUT2D eigenvalue weighted by atomic mass is 10.0. The first-order valence-electron chi connectivity index (χ1n) is 9.24. The van der Waals surface area contributed by atoms with Gasteiger partial charge in [-0.15, -0.1) is 0 Å². The molecule has 0 spiro atoms. The van der Waals surface area contributed by atoms with Crippen LogP contribution in [0.25, 0.3) is 0 Å². The van der Waals surface area contributed by atoms with Gasteiger partial charge in [0.05, 0.1) is 10.9 Å². The standard InChI is InChI=1S/C20H22N2O5S/c1-21-28(24,25)16-5-2-4-15(12-16)20(23)22-9-3-6-17(22)14-7-8-18-19(13-14)27-11-10-26-18/h2,4-5,7-8,12-13,17,21H,3,6,9-11H2,1H3. The van der Waals surface area contributed by atoms with Gasteiger partial charge in [-0.05, 0) is 55.8 Å². The molecule has 1 unspecified atom stereocenters. The quantitative estimate of drug-likeness (QED) is 0.849. The summed E-state index contributed by atoms with van der Waals surface area (Å²) in [6, 6.07) is 11.8. The summed E-state index contributed by atoms with van der Waals surface area (Å²) in [5, 5.41) is 0. The van der Waals surface area contributed by atoms with Crippen molar-refractivity contribution in [3.63, 3.8) is 0 Å². The fraction of sp³-hybridized carbons (Fsp3) is 0.350. The van der Waals surface area contributed by atoms with Crippen LogP contribution >= 0.6 is 0 Å². The number of fused-ring (bicyclic) bond motifs is 1. The van der Waals surface area contributed by atoms with E-state index in [1.165, 1.54) is 19.2 Å². The van der Waals surface area contributed by atoms with Gasteiger partial charge < -0.3 is 14.4 Å². The first-order valence-corrected chi connectivity index (χ1v) is 10.7. The Hall–Kier alpha value is -2.58. The van der Waals surface area contributed by atoms with Crippen molar-refractivity contribution >= 4 is 15.9 Å². The number of likely N-dealkylation sites (tertiary alicyclic amines) is 1. The van der Waals surface area contributed by atoms with E-state index < -0.39 is 10.0 Å². The lowest BCUT2D eigenvalue weighted by Gasteiger charge is -2.27. The molecule has 0 radical (unpaired) electrons. The number of carbonyl (C=O) groups is 1. The Morgan fingerprint density at radius 1 is 1.11 bits per heavy atom. The van der Waals surface area contributed by atoms with Crippen LogP contribution in [0.1, 0.15) is 34.8 Å². The zero-order valence-electron chi connectivity index (χ0n) is 15.6. The third-order valence-electron chi connectivity index (χ3n) is 5.12. The van der Waals surface area contributed by atoms with Crippen molar-refractivity contribution in [2.75, 3.05) is 26.8 Å². The third-order valence-corrected chi connectivity index (χ3v) is 6.54. The monoisotopic (exact) mass is 402 g/mol. The van der Waals surface area contributed by atoms with Gasteiger partial charge in [0, 0.05) is 12.1 Å². The van der Waals surface area contributed by atoms with Gasteiger partial charge in [0.15, 0.2) is 11.5 Å². The molecule has 0 aromatic heterocycles. The van der Waals surface area contributed by atoms with Crippen LogP contribution in [0.3, 0.4) is 0 Å². The summed E-state index contributed by atoms with van der Waals surface area (Å²) in [6.07, 6.45) is 1.74. The van der Waals surface area contributed by atoms with Gasteiger partial charge in [0.25, 0.3) is 5.91 Å². The number of nitrogens with zero attached hydrogens (tertiary/aromatic N) is 1. The average Bonchev–Trinajstić information content (AvgIpc) is 3.23. The Morgan fingerprint density at radius 2 is 1.89 bits per heavy atom. The number of amides is 1. The van der Waals surface area contributed by atoms with Crippen LogP contribution in [0.15, 0.2) is 47.4 Å². The Morgan fingerprint density at radius 3 is 2.68 bits per heavy atom. The van der Waals surface area contributed by atoms with Crippen molar-refractivity contribution in [1.29, 1.82) is 0 Å². The molecule has 0 aliphatic carbocycles. The number of ether oxygens (including phenoxy) is 2. The lowest BCUT2D eigenvalue weighted by Crippen LogP contribution is -2.31. The van der Waals surface area contributed by atoms with Gasteiger partial charge in [0.2, 0.25) is 10.0 Å². The predicted molar refractivity (Wildman–Crippen MR) is 103 cm³/mol. The smallest absolute Gasteiger partial charge is 0.254 e. The number of carbonyl (C=O) groups excluding carboxylic acids is 1. The highest BCUT2D eigenvalue weighted by Gasteiger charge is 2.32. The first-order chi connectivity index (χ1) is 13.5. The SMILES string of the molecule is CNS(=O)(=O)c1cccc(C(=O)N2CCCC2c2ccc3c(c2)OCCO3)c1. The van der Waals surface area contributed by atoms with Gasteiger partial charge in [0.1, 0.15) is 13.2 Å². The van der Waals surface area contributed by atoms with E-state index >= 15 is 0 Å². The number of rotatable bonds is 4. The molecule has 1 amide bonds. The van der Waals surface area contributed by atoms with Crippen molar-refractivity contribution in [2.45, 2.75) is 23.8 Å². The van der Waals surface area contributed by atoms with Crippen LogP contribution in [0, 0.1) is 0 Å². The molecule has 7 nitrogen and oxygen atoms in total. The Kier molecular flexibility index (Phi) is 4.99. The van der Waals surface area contributed by atoms with E-state index in [1.807, 2.05) is 18.2 Å². The maximum absolute atomic E-state index is 13.1. The van der Waals surface area contributed by atoms with E-state index in [1.54, 1.807) is 17.0 Å². The van der Waals surface area contributed by atoms with Crippen LogP contribution < -0.4 is 14.2 Å². The van der Waals surface area contributed by atoms with E-state index in [-0.39, 0.29) is 16.8 Å². The number of hydrogen-bond donors (Lipinski definition) is 1. The number of hydrogen-bond acceptors (Lipinski definition) is 5. The van der Waals surface area contributed by atoms with Crippen LogP contribution in [0.2, 0.25) is 0 Å². The summed E-state index contributed by atoms with van der Waals surface area (Å²) in [5.41, 5.74) is 1.36. The zero-order valence-corrected chi connectivity index (χ0v) is 16.4. The largest absolute Gasteiger partial charge is 0.486 e. The minimum Gasteiger partial charge on any atom is -0.486 e. The maximum atomic E-state index is 13.1. The molecule has 148 valence electrons. The van der Waals surface area contributed by atoms with Crippen LogP contribution in [0.5, 0.6) is 11.5 Å². The molecule has 1 saturated heterocycles. The van der Waals surface area contributed by atoms with E-state index in [4.69, 9.17) is 9.47 Å². The molecule has 1 N–H and O–H groups in total. The van der Waals surface area contributed by atoms with E-state index in [0.29, 0.717) is 31.1 Å². The molecular formula is C20H22N2O5S. The normalized spacial score (nSPS) is 18.9. The summed E-state index contributed by atoms with van der Waals surface area (Å²) in [7, 11) is -2.26. The molecule has 2 aromatic carbocycles. The predicted octanol–water partition coefficient (Wildman–Crippen LogP) is 2.34. The highest BCUT2D eigenvalue weighted by molar-refractivity contribution is 7.89. The highest BCUT2D eigenvalue weighted by Crippen LogP contribution is 2.38. The molecule has 0 saturated carbocycles. The van der Waals surface area contributed by atoms with Crippen LogP contribution in [0.4, 0.5) is 0 Å². The topological polar surface area (TPSA) is 84.9 Å². The molecule has 2 aromatic rings. The van der Waals surface area contributed by atoms with E-state index in [9.17, 15) is 13.2 Å². The highest BCUT2D eigenvalue weighted by atomic mass is 32.2. The zero-order chi connectivity index (χ0) is 19.7.